The lowest BCUT2D eigenvalue weighted by molar-refractivity contribution is -0.118. The van der Waals surface area contributed by atoms with Crippen LogP contribution in [0.25, 0.3) is 0 Å². The molecule has 0 aliphatic heterocycles. The number of aryl methyl sites for hydroxylation is 1. The third-order valence-electron chi connectivity index (χ3n) is 2.63. The smallest absolute Gasteiger partial charge is 0.262 e. The number of carbonyl (C=O) groups excluding carboxylic acids is 1. The topological polar surface area (TPSA) is 38.3 Å². The highest BCUT2D eigenvalue weighted by atomic mass is 127. The van der Waals surface area contributed by atoms with Gasteiger partial charge in [-0.05, 0) is 71.5 Å². The summed E-state index contributed by atoms with van der Waals surface area (Å²) >= 11 is 8.08. The van der Waals surface area contributed by atoms with Crippen molar-refractivity contribution in [3.05, 3.63) is 56.6 Å². The molecule has 0 aromatic heterocycles. The molecule has 0 aliphatic carbocycles. The first-order valence-corrected chi connectivity index (χ1v) is 7.44. The molecule has 0 saturated carbocycles. The van der Waals surface area contributed by atoms with Gasteiger partial charge in [0.1, 0.15) is 5.75 Å². The summed E-state index contributed by atoms with van der Waals surface area (Å²) in [5, 5.41) is 3.40. The van der Waals surface area contributed by atoms with Crippen molar-refractivity contribution in [2.75, 3.05) is 11.9 Å². The van der Waals surface area contributed by atoms with Crippen LogP contribution in [0.3, 0.4) is 0 Å². The highest BCUT2D eigenvalue weighted by Crippen LogP contribution is 2.19. The number of rotatable bonds is 4. The molecule has 0 bridgehead atoms. The second kappa shape index (κ2) is 6.95. The van der Waals surface area contributed by atoms with Crippen LogP contribution in [0.15, 0.2) is 42.5 Å². The van der Waals surface area contributed by atoms with Crippen LogP contribution in [0.5, 0.6) is 5.75 Å². The van der Waals surface area contributed by atoms with Gasteiger partial charge >= 0.3 is 0 Å². The third-order valence-corrected chi connectivity index (χ3v) is 3.53. The quantitative estimate of drug-likeness (QED) is 0.777. The molecule has 2 aromatic carbocycles. The average molecular weight is 402 g/mol. The zero-order valence-corrected chi connectivity index (χ0v) is 13.7. The van der Waals surface area contributed by atoms with Crippen molar-refractivity contribution in [1.82, 2.24) is 0 Å². The second-order valence-corrected chi connectivity index (χ2v) is 5.94. The molecule has 0 atom stereocenters. The van der Waals surface area contributed by atoms with Gasteiger partial charge in [0.25, 0.3) is 5.91 Å². The number of amides is 1. The van der Waals surface area contributed by atoms with Gasteiger partial charge in [0.2, 0.25) is 0 Å². The number of ether oxygens (including phenoxy) is 1. The Morgan fingerprint density at radius 2 is 2.10 bits per heavy atom. The van der Waals surface area contributed by atoms with Crippen molar-refractivity contribution in [3.63, 3.8) is 0 Å². The summed E-state index contributed by atoms with van der Waals surface area (Å²) in [6.45, 7) is 1.90. The minimum atomic E-state index is -0.200. The van der Waals surface area contributed by atoms with E-state index in [0.29, 0.717) is 10.8 Å². The number of benzene rings is 2. The molecule has 1 amide bonds. The fourth-order valence-electron chi connectivity index (χ4n) is 1.66. The molecule has 0 aliphatic rings. The van der Waals surface area contributed by atoms with Gasteiger partial charge in [0.05, 0.1) is 0 Å². The van der Waals surface area contributed by atoms with E-state index in [0.717, 1.165) is 14.8 Å². The van der Waals surface area contributed by atoms with Crippen LogP contribution in [-0.2, 0) is 4.79 Å². The van der Waals surface area contributed by atoms with Crippen LogP contribution >= 0.6 is 34.2 Å². The van der Waals surface area contributed by atoms with Crippen molar-refractivity contribution < 1.29 is 9.53 Å². The Hall–Kier alpha value is -1.27. The Labute approximate surface area is 136 Å². The lowest BCUT2D eigenvalue weighted by Crippen LogP contribution is -2.20. The van der Waals surface area contributed by atoms with Gasteiger partial charge in [-0.2, -0.15) is 0 Å². The van der Waals surface area contributed by atoms with Gasteiger partial charge in [-0.15, -0.1) is 0 Å². The number of nitrogens with one attached hydrogen (secondary N) is 1. The molecule has 0 unspecified atom stereocenters. The predicted octanol–water partition coefficient (Wildman–Crippen LogP) is 4.27. The standard InChI is InChI=1S/C15H13ClINO2/c1-10-7-12(17)5-6-14(10)18-15(19)9-20-13-4-2-3-11(16)8-13/h2-8H,9H2,1H3,(H,18,19). The number of anilines is 1. The van der Waals surface area contributed by atoms with Crippen LogP contribution in [0.1, 0.15) is 5.56 Å². The second-order valence-electron chi connectivity index (χ2n) is 4.25. The maximum absolute atomic E-state index is 11.8. The molecule has 2 rings (SSSR count). The summed E-state index contributed by atoms with van der Waals surface area (Å²) in [5.41, 5.74) is 1.82. The number of hydrogen-bond donors (Lipinski definition) is 1. The van der Waals surface area contributed by atoms with E-state index in [9.17, 15) is 4.79 Å². The summed E-state index contributed by atoms with van der Waals surface area (Å²) in [5.74, 6) is 0.376. The largest absolute Gasteiger partial charge is 0.484 e. The summed E-state index contributed by atoms with van der Waals surface area (Å²) < 4.78 is 6.52. The Morgan fingerprint density at radius 3 is 2.80 bits per heavy atom. The lowest BCUT2D eigenvalue weighted by atomic mass is 10.2. The highest BCUT2D eigenvalue weighted by molar-refractivity contribution is 14.1. The van der Waals surface area contributed by atoms with Crippen LogP contribution in [-0.4, -0.2) is 12.5 Å². The Bertz CT molecular complexity index is 631. The molecule has 0 heterocycles. The molecular formula is C15H13ClINO2. The van der Waals surface area contributed by atoms with E-state index >= 15 is 0 Å². The number of carbonyl (C=O) groups is 1. The Balaban J connectivity index is 1.92. The Kier molecular flexibility index (Phi) is 5.25. The zero-order valence-electron chi connectivity index (χ0n) is 10.8. The molecule has 1 N–H and O–H groups in total. The molecule has 0 saturated heterocycles. The summed E-state index contributed by atoms with van der Waals surface area (Å²) in [7, 11) is 0. The van der Waals surface area contributed by atoms with Crippen molar-refractivity contribution in [2.24, 2.45) is 0 Å². The monoisotopic (exact) mass is 401 g/mol. The maximum Gasteiger partial charge on any atom is 0.262 e. The van der Waals surface area contributed by atoms with E-state index in [-0.39, 0.29) is 12.5 Å². The van der Waals surface area contributed by atoms with Crippen LogP contribution in [0.2, 0.25) is 5.02 Å². The predicted molar refractivity (Wildman–Crippen MR) is 89.5 cm³/mol. The van der Waals surface area contributed by atoms with E-state index in [1.165, 1.54) is 0 Å². The summed E-state index contributed by atoms with van der Waals surface area (Å²) in [4.78, 5) is 11.8. The SMILES string of the molecule is Cc1cc(I)ccc1NC(=O)COc1cccc(Cl)c1. The highest BCUT2D eigenvalue weighted by Gasteiger charge is 2.06. The van der Waals surface area contributed by atoms with E-state index in [1.807, 2.05) is 25.1 Å². The maximum atomic E-state index is 11.8. The van der Waals surface area contributed by atoms with Crippen molar-refractivity contribution in [1.29, 1.82) is 0 Å². The fourth-order valence-corrected chi connectivity index (χ4v) is 2.49. The van der Waals surface area contributed by atoms with Gasteiger partial charge in [-0.3, -0.25) is 4.79 Å². The summed E-state index contributed by atoms with van der Waals surface area (Å²) in [6, 6.07) is 12.8. The van der Waals surface area contributed by atoms with Crippen molar-refractivity contribution >= 4 is 45.8 Å². The van der Waals surface area contributed by atoms with Gasteiger partial charge < -0.3 is 10.1 Å². The minimum Gasteiger partial charge on any atom is -0.484 e. The first-order valence-electron chi connectivity index (χ1n) is 5.99. The van der Waals surface area contributed by atoms with Gasteiger partial charge in [0, 0.05) is 14.3 Å². The number of halogens is 2. The molecule has 5 heteroatoms. The first-order chi connectivity index (χ1) is 9.54. The molecule has 104 valence electrons. The van der Waals surface area contributed by atoms with Crippen molar-refractivity contribution in [2.45, 2.75) is 6.92 Å². The lowest BCUT2D eigenvalue weighted by Gasteiger charge is -2.10. The number of hydrogen-bond acceptors (Lipinski definition) is 2. The minimum absolute atomic E-state index is 0.0498. The van der Waals surface area contributed by atoms with Gasteiger partial charge in [0.15, 0.2) is 6.61 Å². The van der Waals surface area contributed by atoms with Crippen LogP contribution < -0.4 is 10.1 Å². The van der Waals surface area contributed by atoms with E-state index in [1.54, 1.807) is 24.3 Å². The van der Waals surface area contributed by atoms with E-state index in [4.69, 9.17) is 16.3 Å². The first kappa shape index (κ1) is 15.1. The average Bonchev–Trinajstić information content (AvgIpc) is 2.40. The Morgan fingerprint density at radius 1 is 1.30 bits per heavy atom. The molecule has 0 fully saturated rings. The molecular weight excluding hydrogens is 389 g/mol. The van der Waals surface area contributed by atoms with Gasteiger partial charge in [-0.25, -0.2) is 0 Å². The van der Waals surface area contributed by atoms with Crippen LogP contribution in [0, 0.1) is 10.5 Å². The van der Waals surface area contributed by atoms with E-state index in [2.05, 4.69) is 27.9 Å². The fraction of sp³-hybridized carbons (Fsp3) is 0.133. The normalized spacial score (nSPS) is 10.2. The van der Waals surface area contributed by atoms with Crippen molar-refractivity contribution in [3.8, 4) is 5.75 Å². The molecule has 0 radical (unpaired) electrons. The van der Waals surface area contributed by atoms with Crippen LogP contribution in [0.4, 0.5) is 5.69 Å². The molecule has 20 heavy (non-hydrogen) atoms. The zero-order chi connectivity index (χ0) is 14.5. The molecule has 3 nitrogen and oxygen atoms in total. The van der Waals surface area contributed by atoms with Gasteiger partial charge in [-0.1, -0.05) is 17.7 Å². The third kappa shape index (κ3) is 4.38. The van der Waals surface area contributed by atoms with E-state index < -0.39 is 0 Å². The summed E-state index contributed by atoms with van der Waals surface area (Å²) in [6.07, 6.45) is 0. The molecule has 2 aromatic rings. The molecule has 0 spiro atoms.